The number of nitrogens with zero attached hydrogens (tertiary/aromatic N) is 3. The number of carbonyl (C=O) groups excluding carboxylic acids is 1. The van der Waals surface area contributed by atoms with Crippen molar-refractivity contribution in [2.75, 3.05) is 31.7 Å². The molecular formula is C31H37ClFN5O5. The van der Waals surface area contributed by atoms with E-state index in [1.807, 2.05) is 12.1 Å². The summed E-state index contributed by atoms with van der Waals surface area (Å²) in [6, 6.07) is 13.2. The van der Waals surface area contributed by atoms with Crippen LogP contribution in [0.15, 0.2) is 42.5 Å². The molecule has 0 unspecified atom stereocenters. The van der Waals surface area contributed by atoms with Crippen LogP contribution in [0.3, 0.4) is 0 Å². The van der Waals surface area contributed by atoms with Gasteiger partial charge in [0.1, 0.15) is 23.5 Å². The summed E-state index contributed by atoms with van der Waals surface area (Å²) in [4.78, 5) is 18.1. The van der Waals surface area contributed by atoms with Crippen molar-refractivity contribution < 1.29 is 29.0 Å². The number of nitriles is 1. The molecular weight excluding hydrogens is 577 g/mol. The minimum Gasteiger partial charge on any atom is -0.504 e. The first-order chi connectivity index (χ1) is 20.3. The lowest BCUT2D eigenvalue weighted by Crippen LogP contribution is -2.40. The Bertz CT molecular complexity index is 1440. The monoisotopic (exact) mass is 613 g/mol. The van der Waals surface area contributed by atoms with Gasteiger partial charge in [0.2, 0.25) is 5.91 Å². The Kier molecular flexibility index (Phi) is 12.4. The lowest BCUT2D eigenvalue weighted by molar-refractivity contribution is -0.129. The molecule has 2 heterocycles. The number of unbranched alkanes of at least 4 members (excludes halogenated alkanes) is 3. The number of halogens is 2. The summed E-state index contributed by atoms with van der Waals surface area (Å²) in [5, 5.41) is 28.6. The van der Waals surface area contributed by atoms with Gasteiger partial charge in [-0.1, -0.05) is 25.0 Å². The highest BCUT2D eigenvalue weighted by atomic mass is 35.5. The van der Waals surface area contributed by atoms with E-state index in [9.17, 15) is 19.6 Å². The van der Waals surface area contributed by atoms with Crippen molar-refractivity contribution in [1.29, 1.82) is 5.26 Å². The summed E-state index contributed by atoms with van der Waals surface area (Å²) < 4.78 is 26.3. The second-order valence-corrected chi connectivity index (χ2v) is 10.3. The highest BCUT2D eigenvalue weighted by Gasteiger charge is 2.24. The van der Waals surface area contributed by atoms with E-state index in [4.69, 9.17) is 25.4 Å². The molecule has 12 heteroatoms. The Balaban J connectivity index is 0.00000506. The number of methoxy groups -OCH3 is 1. The van der Waals surface area contributed by atoms with Crippen LogP contribution in [-0.2, 0) is 4.79 Å². The fourth-order valence-corrected chi connectivity index (χ4v) is 4.98. The summed E-state index contributed by atoms with van der Waals surface area (Å²) in [5.74, 6) is 0.361. The highest BCUT2D eigenvalue weighted by Crippen LogP contribution is 2.43. The number of hydroxylamine groups is 1. The van der Waals surface area contributed by atoms with Gasteiger partial charge in [0.05, 0.1) is 30.5 Å². The third-order valence-electron chi connectivity index (χ3n) is 7.34. The first-order valence-corrected chi connectivity index (χ1v) is 14.0. The second-order valence-electron chi connectivity index (χ2n) is 10.3. The molecule has 1 aliphatic heterocycles. The Morgan fingerprint density at radius 2 is 1.84 bits per heavy atom. The fourth-order valence-electron chi connectivity index (χ4n) is 4.98. The van der Waals surface area contributed by atoms with Crippen LogP contribution in [-0.4, -0.2) is 54.1 Å². The Labute approximate surface area is 256 Å². The van der Waals surface area contributed by atoms with Gasteiger partial charge in [0.15, 0.2) is 11.5 Å². The van der Waals surface area contributed by atoms with Gasteiger partial charge >= 0.3 is 0 Å². The van der Waals surface area contributed by atoms with Crippen LogP contribution in [0.25, 0.3) is 22.4 Å². The van der Waals surface area contributed by atoms with E-state index in [0.29, 0.717) is 52.7 Å². The van der Waals surface area contributed by atoms with Gasteiger partial charge in [0, 0.05) is 37.2 Å². The maximum absolute atomic E-state index is 14.7. The van der Waals surface area contributed by atoms with Crippen LogP contribution >= 0.6 is 12.4 Å². The molecule has 0 atom stereocenters. The number of benzene rings is 2. The normalized spacial score (nSPS) is 13.1. The molecule has 0 saturated carbocycles. The number of nitrogens with two attached hydrogens (primary N) is 1. The Morgan fingerprint density at radius 1 is 1.12 bits per heavy atom. The van der Waals surface area contributed by atoms with Gasteiger partial charge in [0.25, 0.3) is 0 Å². The van der Waals surface area contributed by atoms with E-state index in [2.05, 4.69) is 4.90 Å². The van der Waals surface area contributed by atoms with E-state index >= 15 is 0 Å². The number of piperidine rings is 1. The topological polar surface area (TPSA) is 154 Å². The number of pyridine rings is 1. The largest absolute Gasteiger partial charge is 0.504 e. The molecule has 0 bridgehead atoms. The van der Waals surface area contributed by atoms with Crippen LogP contribution in [0.5, 0.6) is 17.2 Å². The highest BCUT2D eigenvalue weighted by molar-refractivity contribution is 5.88. The van der Waals surface area contributed by atoms with E-state index in [-0.39, 0.29) is 36.2 Å². The molecule has 1 aliphatic rings. The van der Waals surface area contributed by atoms with E-state index in [1.54, 1.807) is 36.9 Å². The molecule has 230 valence electrons. The van der Waals surface area contributed by atoms with Crippen molar-refractivity contribution in [1.82, 2.24) is 10.5 Å². The molecule has 0 aliphatic carbocycles. The number of nitrogens with one attached hydrogen (secondary N) is 1. The standard InChI is InChI=1S/C31H36FN5O5.ClH/c1-41-27-18-28(37-13-11-23(34)12-14-37)35-31(21-7-8-22(19-33)24(32)16-21)30(27)20-9-10-26(25(38)17-20)42-15-5-3-2-4-6-29(39)36-40;/h7-10,16-18,23,38,40H,2-6,11-15,34H2,1H3,(H,36,39);1H. The fraction of sp³-hybridized carbons (Fsp3) is 0.387. The number of hydrogen-bond donors (Lipinski definition) is 4. The number of aromatic hydroxyl groups is 1. The quantitative estimate of drug-likeness (QED) is 0.121. The first kappa shape index (κ1) is 33.4. The number of ether oxygens (including phenoxy) is 2. The number of rotatable bonds is 12. The summed E-state index contributed by atoms with van der Waals surface area (Å²) in [6.07, 6.45) is 4.95. The maximum Gasteiger partial charge on any atom is 0.243 e. The molecule has 43 heavy (non-hydrogen) atoms. The first-order valence-electron chi connectivity index (χ1n) is 14.0. The minimum absolute atomic E-state index is 0. The van der Waals surface area contributed by atoms with Crippen molar-refractivity contribution in [3.05, 3.63) is 53.8 Å². The second kappa shape index (κ2) is 15.9. The van der Waals surface area contributed by atoms with Gasteiger partial charge in [-0.15, -0.1) is 12.4 Å². The molecule has 1 fully saturated rings. The third-order valence-corrected chi connectivity index (χ3v) is 7.34. The molecule has 2 aromatic carbocycles. The molecule has 0 radical (unpaired) electrons. The van der Waals surface area contributed by atoms with E-state index in [1.165, 1.54) is 12.1 Å². The van der Waals surface area contributed by atoms with Gasteiger partial charge in [-0.05, 0) is 55.5 Å². The number of aromatic nitrogens is 1. The number of carbonyl (C=O) groups is 1. The molecule has 0 spiro atoms. The van der Waals surface area contributed by atoms with E-state index in [0.717, 1.165) is 45.2 Å². The number of anilines is 1. The van der Waals surface area contributed by atoms with Crippen LogP contribution in [0.4, 0.5) is 10.2 Å². The van der Waals surface area contributed by atoms with Crippen LogP contribution in [0, 0.1) is 17.1 Å². The minimum atomic E-state index is -0.653. The summed E-state index contributed by atoms with van der Waals surface area (Å²) >= 11 is 0. The van der Waals surface area contributed by atoms with Gasteiger partial charge in [-0.25, -0.2) is 14.9 Å². The predicted molar refractivity (Wildman–Crippen MR) is 163 cm³/mol. The zero-order chi connectivity index (χ0) is 30.1. The SMILES string of the molecule is COc1cc(N2CCC(N)CC2)nc(-c2ccc(C#N)c(F)c2)c1-c1ccc(OCCCCCCC(=O)NO)c(O)c1.Cl. The molecule has 1 saturated heterocycles. The van der Waals surface area contributed by atoms with Crippen molar-refractivity contribution in [3.8, 4) is 45.7 Å². The zero-order valence-electron chi connectivity index (χ0n) is 24.0. The molecule has 4 rings (SSSR count). The van der Waals surface area contributed by atoms with Crippen molar-refractivity contribution >= 4 is 24.1 Å². The molecule has 1 amide bonds. The van der Waals surface area contributed by atoms with Crippen LogP contribution in [0.2, 0.25) is 0 Å². The summed E-state index contributed by atoms with van der Waals surface area (Å²) in [5.41, 5.74) is 9.73. The number of phenolic OH excluding ortho intramolecular Hbond substituents is 1. The average molecular weight is 614 g/mol. The van der Waals surface area contributed by atoms with Gasteiger partial charge in [-0.2, -0.15) is 5.26 Å². The molecule has 3 aromatic rings. The van der Waals surface area contributed by atoms with E-state index < -0.39 is 11.7 Å². The molecule has 10 nitrogen and oxygen atoms in total. The summed E-state index contributed by atoms with van der Waals surface area (Å²) in [7, 11) is 1.55. The zero-order valence-corrected chi connectivity index (χ0v) is 24.8. The van der Waals surface area contributed by atoms with Crippen molar-refractivity contribution in [2.45, 2.75) is 51.0 Å². The maximum atomic E-state index is 14.7. The smallest absolute Gasteiger partial charge is 0.243 e. The Morgan fingerprint density at radius 3 is 2.49 bits per heavy atom. The number of phenols is 1. The van der Waals surface area contributed by atoms with Crippen LogP contribution < -0.4 is 25.6 Å². The third kappa shape index (κ3) is 8.47. The average Bonchev–Trinajstić information content (AvgIpc) is 3.00. The number of hydrogen-bond acceptors (Lipinski definition) is 9. The van der Waals surface area contributed by atoms with Crippen LogP contribution in [0.1, 0.15) is 50.5 Å². The lowest BCUT2D eigenvalue weighted by atomic mass is 9.96. The molecule has 1 aromatic heterocycles. The van der Waals surface area contributed by atoms with Crippen molar-refractivity contribution in [2.24, 2.45) is 5.73 Å². The lowest BCUT2D eigenvalue weighted by Gasteiger charge is -2.32. The Hall–Kier alpha value is -4.11. The van der Waals surface area contributed by atoms with Gasteiger partial charge < -0.3 is 25.2 Å². The van der Waals surface area contributed by atoms with Crippen molar-refractivity contribution in [3.63, 3.8) is 0 Å². The van der Waals surface area contributed by atoms with Gasteiger partial charge in [-0.3, -0.25) is 10.0 Å². The predicted octanol–water partition coefficient (Wildman–Crippen LogP) is 5.32. The molecule has 5 N–H and O–H groups in total. The summed E-state index contributed by atoms with van der Waals surface area (Å²) in [6.45, 7) is 1.83. The number of amides is 1.